The van der Waals surface area contributed by atoms with Gasteiger partial charge in [0.25, 0.3) is 0 Å². The molecule has 0 aliphatic carbocycles. The normalized spacial score (nSPS) is 22.3. The van der Waals surface area contributed by atoms with Crippen molar-refractivity contribution >= 4 is 12.1 Å². The van der Waals surface area contributed by atoms with Crippen LogP contribution >= 0.6 is 0 Å². The molecule has 1 fully saturated rings. The van der Waals surface area contributed by atoms with E-state index in [1.165, 1.54) is 0 Å². The molecule has 0 spiro atoms. The van der Waals surface area contributed by atoms with Gasteiger partial charge in [-0.05, 0) is 57.2 Å². The van der Waals surface area contributed by atoms with Crippen LogP contribution in [0.1, 0.15) is 39.7 Å². The molecule has 3 rings (SSSR count). The van der Waals surface area contributed by atoms with Gasteiger partial charge in [0.15, 0.2) is 0 Å². The highest BCUT2D eigenvalue weighted by Crippen LogP contribution is 2.35. The molecular formula is C24H29NO5. The molecule has 0 radical (unpaired) electrons. The van der Waals surface area contributed by atoms with Gasteiger partial charge in [-0.25, -0.2) is 4.79 Å². The molecule has 6 nitrogen and oxygen atoms in total. The number of aliphatic hydroxyl groups is 1. The molecule has 1 amide bonds. The van der Waals surface area contributed by atoms with E-state index in [2.05, 4.69) is 29.6 Å². The Labute approximate surface area is 177 Å². The molecule has 1 aliphatic heterocycles. The lowest BCUT2D eigenvalue weighted by atomic mass is 9.85. The SMILES string of the molecule is CC(C)(C)OC(=O)OC(O)[C@]1(C)C[C@@H](Cc2ccc(-c3ccccc3)cc2)NC1=O. The topological polar surface area (TPSA) is 84.9 Å². The molecule has 2 aromatic carbocycles. The zero-order valence-electron chi connectivity index (χ0n) is 17.8. The summed E-state index contributed by atoms with van der Waals surface area (Å²) in [4.78, 5) is 24.4. The van der Waals surface area contributed by atoms with Gasteiger partial charge in [0, 0.05) is 6.04 Å². The molecular weight excluding hydrogens is 382 g/mol. The first-order valence-electron chi connectivity index (χ1n) is 10.1. The van der Waals surface area contributed by atoms with E-state index in [9.17, 15) is 14.7 Å². The van der Waals surface area contributed by atoms with E-state index in [0.717, 1.165) is 16.7 Å². The Morgan fingerprint density at radius 1 is 1.13 bits per heavy atom. The van der Waals surface area contributed by atoms with Crippen molar-refractivity contribution in [2.24, 2.45) is 5.41 Å². The second-order valence-electron chi connectivity index (χ2n) is 8.99. The molecule has 1 saturated heterocycles. The van der Waals surface area contributed by atoms with Crippen molar-refractivity contribution < 1.29 is 24.2 Å². The number of ether oxygens (including phenoxy) is 2. The number of hydrogen-bond acceptors (Lipinski definition) is 5. The molecule has 1 unspecified atom stereocenters. The number of amides is 1. The summed E-state index contributed by atoms with van der Waals surface area (Å²) < 4.78 is 10.0. The lowest BCUT2D eigenvalue weighted by Crippen LogP contribution is -2.42. The van der Waals surface area contributed by atoms with E-state index in [1.54, 1.807) is 27.7 Å². The van der Waals surface area contributed by atoms with E-state index in [1.807, 2.05) is 30.3 Å². The Balaban J connectivity index is 1.61. The second kappa shape index (κ2) is 8.48. The Morgan fingerprint density at radius 2 is 1.73 bits per heavy atom. The molecule has 1 aliphatic rings. The summed E-state index contributed by atoms with van der Waals surface area (Å²) >= 11 is 0. The van der Waals surface area contributed by atoms with Crippen molar-refractivity contribution in [3.05, 3.63) is 60.2 Å². The molecule has 0 aromatic heterocycles. The third kappa shape index (κ3) is 5.19. The Hall–Kier alpha value is -2.86. The molecule has 1 heterocycles. The van der Waals surface area contributed by atoms with Crippen LogP contribution in [0.3, 0.4) is 0 Å². The maximum absolute atomic E-state index is 12.5. The largest absolute Gasteiger partial charge is 0.511 e. The van der Waals surface area contributed by atoms with Gasteiger partial charge in [0.2, 0.25) is 12.2 Å². The first kappa shape index (κ1) is 21.8. The van der Waals surface area contributed by atoms with Crippen LogP contribution in [0.15, 0.2) is 54.6 Å². The summed E-state index contributed by atoms with van der Waals surface area (Å²) in [5.41, 5.74) is 1.37. The second-order valence-corrected chi connectivity index (χ2v) is 8.99. The highest BCUT2D eigenvalue weighted by molar-refractivity contribution is 5.85. The molecule has 0 bridgehead atoms. The van der Waals surface area contributed by atoms with E-state index in [0.29, 0.717) is 12.8 Å². The van der Waals surface area contributed by atoms with Crippen molar-refractivity contribution in [3.63, 3.8) is 0 Å². The lowest BCUT2D eigenvalue weighted by molar-refractivity contribution is -0.167. The van der Waals surface area contributed by atoms with Gasteiger partial charge in [-0.15, -0.1) is 0 Å². The van der Waals surface area contributed by atoms with Crippen LogP contribution in [0.25, 0.3) is 11.1 Å². The number of carbonyl (C=O) groups is 2. The number of carbonyl (C=O) groups excluding carboxylic acids is 2. The van der Waals surface area contributed by atoms with Crippen molar-refractivity contribution in [2.45, 2.75) is 58.5 Å². The quantitative estimate of drug-likeness (QED) is 0.572. The Morgan fingerprint density at radius 3 is 2.33 bits per heavy atom. The maximum atomic E-state index is 12.5. The van der Waals surface area contributed by atoms with Crippen LogP contribution in [0.4, 0.5) is 4.79 Å². The average Bonchev–Trinajstić information content (AvgIpc) is 2.96. The molecule has 0 saturated carbocycles. The van der Waals surface area contributed by atoms with Gasteiger partial charge in [0.05, 0.1) is 0 Å². The van der Waals surface area contributed by atoms with Crippen LogP contribution in [0.5, 0.6) is 0 Å². The van der Waals surface area contributed by atoms with Gasteiger partial charge in [0.1, 0.15) is 11.0 Å². The molecule has 30 heavy (non-hydrogen) atoms. The lowest BCUT2D eigenvalue weighted by Gasteiger charge is -2.28. The van der Waals surface area contributed by atoms with E-state index in [-0.39, 0.29) is 11.9 Å². The minimum absolute atomic E-state index is 0.165. The van der Waals surface area contributed by atoms with Crippen molar-refractivity contribution in [2.75, 3.05) is 0 Å². The van der Waals surface area contributed by atoms with Gasteiger partial charge in [-0.3, -0.25) is 4.79 Å². The highest BCUT2D eigenvalue weighted by Gasteiger charge is 2.50. The minimum atomic E-state index is -1.59. The number of aliphatic hydroxyl groups excluding tert-OH is 1. The Kier molecular flexibility index (Phi) is 6.17. The fourth-order valence-electron chi connectivity index (χ4n) is 3.59. The summed E-state index contributed by atoms with van der Waals surface area (Å²) in [7, 11) is 0. The summed E-state index contributed by atoms with van der Waals surface area (Å²) in [6, 6.07) is 18.1. The molecule has 3 atom stereocenters. The van der Waals surface area contributed by atoms with Crippen LogP contribution in [-0.4, -0.2) is 35.1 Å². The number of hydrogen-bond donors (Lipinski definition) is 2. The van der Waals surface area contributed by atoms with Crippen LogP contribution in [-0.2, 0) is 20.7 Å². The number of benzene rings is 2. The number of rotatable bonds is 5. The average molecular weight is 411 g/mol. The molecule has 2 N–H and O–H groups in total. The first-order valence-corrected chi connectivity index (χ1v) is 10.1. The highest BCUT2D eigenvalue weighted by atomic mass is 16.8. The molecule has 6 heteroatoms. The van der Waals surface area contributed by atoms with Crippen LogP contribution < -0.4 is 5.32 Å². The summed E-state index contributed by atoms with van der Waals surface area (Å²) in [5, 5.41) is 13.3. The molecule has 160 valence electrons. The van der Waals surface area contributed by atoms with E-state index < -0.39 is 23.5 Å². The third-order valence-corrected chi connectivity index (χ3v) is 5.21. The van der Waals surface area contributed by atoms with Crippen molar-refractivity contribution in [1.29, 1.82) is 0 Å². The standard InChI is InChI=1S/C24H29NO5/c1-23(2,3)30-22(28)29-21(27)24(4)15-19(25-20(24)26)14-16-10-12-18(13-11-16)17-8-6-5-7-9-17/h5-13,19,21,27H,14-15H2,1-4H3,(H,25,26)/t19-,21?,24-/m1/s1. The summed E-state index contributed by atoms with van der Waals surface area (Å²) in [6.45, 7) is 6.69. The fraction of sp³-hybridized carbons (Fsp3) is 0.417. The van der Waals surface area contributed by atoms with Gasteiger partial charge >= 0.3 is 6.16 Å². The summed E-state index contributed by atoms with van der Waals surface area (Å²) in [6.07, 6.45) is -1.62. The van der Waals surface area contributed by atoms with E-state index in [4.69, 9.17) is 9.47 Å². The minimum Gasteiger partial charge on any atom is -0.429 e. The van der Waals surface area contributed by atoms with Gasteiger partial charge < -0.3 is 19.9 Å². The third-order valence-electron chi connectivity index (χ3n) is 5.21. The maximum Gasteiger partial charge on any atom is 0.511 e. The molecule has 2 aromatic rings. The van der Waals surface area contributed by atoms with Crippen LogP contribution in [0, 0.1) is 5.41 Å². The van der Waals surface area contributed by atoms with Crippen molar-refractivity contribution in [1.82, 2.24) is 5.32 Å². The predicted molar refractivity (Wildman–Crippen MR) is 114 cm³/mol. The monoisotopic (exact) mass is 411 g/mol. The smallest absolute Gasteiger partial charge is 0.429 e. The van der Waals surface area contributed by atoms with E-state index >= 15 is 0 Å². The van der Waals surface area contributed by atoms with Gasteiger partial charge in [-0.1, -0.05) is 54.6 Å². The first-order chi connectivity index (χ1) is 14.1. The van der Waals surface area contributed by atoms with Crippen molar-refractivity contribution in [3.8, 4) is 11.1 Å². The summed E-state index contributed by atoms with van der Waals surface area (Å²) in [5.74, 6) is -0.343. The zero-order chi connectivity index (χ0) is 21.9. The predicted octanol–water partition coefficient (Wildman–Crippen LogP) is 4.06. The van der Waals surface area contributed by atoms with Gasteiger partial charge in [-0.2, -0.15) is 0 Å². The number of nitrogens with one attached hydrogen (secondary N) is 1. The fourth-order valence-corrected chi connectivity index (χ4v) is 3.59. The Bertz CT molecular complexity index is 888. The zero-order valence-corrected chi connectivity index (χ0v) is 17.8. The van der Waals surface area contributed by atoms with Crippen LogP contribution in [0.2, 0.25) is 0 Å².